The number of aromatic nitrogens is 1. The monoisotopic (exact) mass is 367 g/mol. The maximum absolute atomic E-state index is 12.7. The van der Waals surface area contributed by atoms with Crippen LogP contribution in [0, 0.1) is 11.3 Å². The molecule has 1 spiro atoms. The van der Waals surface area contributed by atoms with Crippen molar-refractivity contribution in [2.24, 2.45) is 11.3 Å². The summed E-state index contributed by atoms with van der Waals surface area (Å²) in [6.45, 7) is 3.98. The van der Waals surface area contributed by atoms with Crippen molar-refractivity contribution in [1.82, 2.24) is 15.2 Å². The average molecular weight is 367 g/mol. The van der Waals surface area contributed by atoms with Gasteiger partial charge in [0.2, 0.25) is 0 Å². The van der Waals surface area contributed by atoms with Crippen molar-refractivity contribution in [3.05, 3.63) is 46.4 Å². The van der Waals surface area contributed by atoms with Crippen LogP contribution in [0.5, 0.6) is 0 Å². The molecule has 1 heterocycles. The van der Waals surface area contributed by atoms with E-state index in [1.807, 2.05) is 25.1 Å². The van der Waals surface area contributed by atoms with Crippen LogP contribution in [0.15, 0.2) is 35.3 Å². The molecule has 1 aromatic heterocycles. The summed E-state index contributed by atoms with van der Waals surface area (Å²) in [6, 6.07) is 7.28. The fourth-order valence-electron chi connectivity index (χ4n) is 5.11. The summed E-state index contributed by atoms with van der Waals surface area (Å²) < 4.78 is 0. The molecule has 5 heteroatoms. The molecule has 0 saturated heterocycles. The number of nitrogens with one attached hydrogen (secondary N) is 2. The number of fused-ring (bicyclic) bond motifs is 1. The van der Waals surface area contributed by atoms with E-state index in [2.05, 4.69) is 22.2 Å². The molecule has 2 fully saturated rings. The second kappa shape index (κ2) is 7.12. The van der Waals surface area contributed by atoms with E-state index in [1.165, 1.54) is 38.3 Å². The Morgan fingerprint density at radius 2 is 2.00 bits per heavy atom. The van der Waals surface area contributed by atoms with E-state index in [0.29, 0.717) is 16.3 Å². The van der Waals surface area contributed by atoms with Crippen molar-refractivity contribution < 1.29 is 4.79 Å². The molecule has 1 aromatic carbocycles. The third kappa shape index (κ3) is 3.65. The first-order valence-electron chi connectivity index (χ1n) is 10.1. The second-order valence-electron chi connectivity index (χ2n) is 8.80. The molecule has 1 unspecified atom stereocenters. The van der Waals surface area contributed by atoms with Crippen LogP contribution in [0.2, 0.25) is 0 Å². The molecule has 2 aliphatic carbocycles. The van der Waals surface area contributed by atoms with Gasteiger partial charge in [-0.25, -0.2) is 0 Å². The highest BCUT2D eigenvalue weighted by molar-refractivity contribution is 6.06. The Labute approximate surface area is 160 Å². The van der Waals surface area contributed by atoms with Crippen LogP contribution in [0.4, 0.5) is 0 Å². The first-order chi connectivity index (χ1) is 13.0. The van der Waals surface area contributed by atoms with Gasteiger partial charge in [-0.3, -0.25) is 9.59 Å². The number of amides is 1. The molecule has 2 aromatic rings. The molecule has 1 amide bonds. The minimum Gasteiger partial charge on any atom is -0.348 e. The van der Waals surface area contributed by atoms with E-state index in [1.54, 1.807) is 6.07 Å². The van der Waals surface area contributed by atoms with Gasteiger partial charge in [0.1, 0.15) is 0 Å². The molecule has 2 aliphatic rings. The lowest BCUT2D eigenvalue weighted by molar-refractivity contribution is -0.0355. The number of rotatable bonds is 6. The van der Waals surface area contributed by atoms with E-state index in [-0.39, 0.29) is 17.5 Å². The Bertz CT molecular complexity index is 892. The molecule has 1 atom stereocenters. The van der Waals surface area contributed by atoms with E-state index >= 15 is 0 Å². The molecule has 27 heavy (non-hydrogen) atoms. The molecular formula is C22H29N3O2. The maximum atomic E-state index is 12.7. The van der Waals surface area contributed by atoms with Crippen molar-refractivity contribution in [2.75, 3.05) is 20.1 Å². The smallest absolute Gasteiger partial charge is 0.255 e. The van der Waals surface area contributed by atoms with Gasteiger partial charge in [0.05, 0.1) is 5.56 Å². The van der Waals surface area contributed by atoms with E-state index < -0.39 is 0 Å². The first-order valence-corrected chi connectivity index (χ1v) is 10.1. The first kappa shape index (κ1) is 18.2. The SMILES string of the molecule is CC(CN(C)CC1CC2(CCC2)C1)NC(=O)c1c[nH]c(=O)c2ccccc12. The Kier molecular flexibility index (Phi) is 4.81. The van der Waals surface area contributed by atoms with Gasteiger partial charge in [-0.2, -0.15) is 0 Å². The van der Waals surface area contributed by atoms with E-state index in [4.69, 9.17) is 0 Å². The number of pyridine rings is 1. The summed E-state index contributed by atoms with van der Waals surface area (Å²) in [7, 11) is 2.14. The minimum atomic E-state index is -0.167. The predicted octanol–water partition coefficient (Wildman–Crippen LogP) is 3.16. The summed E-state index contributed by atoms with van der Waals surface area (Å²) in [4.78, 5) is 29.7. The van der Waals surface area contributed by atoms with Crippen LogP contribution in [0.25, 0.3) is 10.8 Å². The van der Waals surface area contributed by atoms with Gasteiger partial charge in [-0.05, 0) is 57.1 Å². The average Bonchev–Trinajstić information content (AvgIpc) is 2.56. The van der Waals surface area contributed by atoms with Crippen molar-refractivity contribution in [1.29, 1.82) is 0 Å². The van der Waals surface area contributed by atoms with Crippen LogP contribution in [-0.2, 0) is 0 Å². The Morgan fingerprint density at radius 1 is 1.30 bits per heavy atom. The maximum Gasteiger partial charge on any atom is 0.255 e. The molecule has 2 N–H and O–H groups in total. The molecule has 0 radical (unpaired) electrons. The molecule has 0 aliphatic heterocycles. The summed E-state index contributed by atoms with van der Waals surface area (Å²) in [5, 5.41) is 4.32. The van der Waals surface area contributed by atoms with E-state index in [9.17, 15) is 9.59 Å². The Hall–Kier alpha value is -2.14. The van der Waals surface area contributed by atoms with Gasteiger partial charge in [-0.1, -0.05) is 24.6 Å². The Balaban J connectivity index is 1.33. The number of carbonyl (C=O) groups is 1. The van der Waals surface area contributed by atoms with Crippen molar-refractivity contribution >= 4 is 16.7 Å². The van der Waals surface area contributed by atoms with Crippen molar-refractivity contribution in [3.8, 4) is 0 Å². The zero-order chi connectivity index (χ0) is 19.0. The van der Waals surface area contributed by atoms with Gasteiger partial charge in [0.15, 0.2) is 0 Å². The summed E-state index contributed by atoms with van der Waals surface area (Å²) in [6.07, 6.45) is 8.59. The lowest BCUT2D eigenvalue weighted by atomic mass is 9.52. The largest absolute Gasteiger partial charge is 0.348 e. The zero-order valence-corrected chi connectivity index (χ0v) is 16.3. The molecular weight excluding hydrogens is 338 g/mol. The highest BCUT2D eigenvalue weighted by Gasteiger charge is 2.47. The molecule has 0 bridgehead atoms. The van der Waals surface area contributed by atoms with Crippen molar-refractivity contribution in [3.63, 3.8) is 0 Å². The highest BCUT2D eigenvalue weighted by atomic mass is 16.2. The van der Waals surface area contributed by atoms with Crippen LogP contribution >= 0.6 is 0 Å². The van der Waals surface area contributed by atoms with Crippen LogP contribution in [-0.4, -0.2) is 42.0 Å². The molecule has 4 rings (SSSR count). The Morgan fingerprint density at radius 3 is 2.67 bits per heavy atom. The molecule has 144 valence electrons. The van der Waals surface area contributed by atoms with Crippen LogP contribution < -0.4 is 10.9 Å². The van der Waals surface area contributed by atoms with Crippen molar-refractivity contribution in [2.45, 2.75) is 45.1 Å². The third-order valence-corrected chi connectivity index (χ3v) is 6.44. The van der Waals surface area contributed by atoms with Crippen LogP contribution in [0.1, 0.15) is 49.4 Å². The number of benzene rings is 1. The number of hydrogen-bond acceptors (Lipinski definition) is 3. The fraction of sp³-hybridized carbons (Fsp3) is 0.545. The number of nitrogens with zero attached hydrogens (tertiary/aromatic N) is 1. The number of hydrogen-bond donors (Lipinski definition) is 2. The van der Waals surface area contributed by atoms with Gasteiger partial charge in [0.25, 0.3) is 11.5 Å². The number of likely N-dealkylation sites (N-methyl/N-ethyl adjacent to an activating group) is 1. The summed E-state index contributed by atoms with van der Waals surface area (Å²) in [5.41, 5.74) is 1.07. The minimum absolute atomic E-state index is 0.0472. The molecule has 2 saturated carbocycles. The summed E-state index contributed by atoms with van der Waals surface area (Å²) >= 11 is 0. The fourth-order valence-corrected chi connectivity index (χ4v) is 5.11. The standard InChI is InChI=1S/C22H29N3O2/c1-15(13-25(2)14-16-10-22(11-16)8-5-9-22)24-21(27)19-12-23-20(26)18-7-4-3-6-17(18)19/h3-4,6-7,12,15-16H,5,8-11,13-14H2,1-2H3,(H,23,26)(H,24,27). The molecule has 5 nitrogen and oxygen atoms in total. The number of aromatic amines is 1. The highest BCUT2D eigenvalue weighted by Crippen LogP contribution is 2.58. The summed E-state index contributed by atoms with van der Waals surface area (Å²) in [5.74, 6) is 0.682. The zero-order valence-electron chi connectivity index (χ0n) is 16.3. The van der Waals surface area contributed by atoms with Gasteiger partial charge in [0, 0.05) is 36.1 Å². The predicted molar refractivity (Wildman–Crippen MR) is 108 cm³/mol. The normalized spacial score (nSPS) is 19.7. The second-order valence-corrected chi connectivity index (χ2v) is 8.80. The topological polar surface area (TPSA) is 65.2 Å². The van der Waals surface area contributed by atoms with Gasteiger partial charge in [-0.15, -0.1) is 0 Å². The number of carbonyl (C=O) groups excluding carboxylic acids is 1. The number of H-pyrrole nitrogens is 1. The van der Waals surface area contributed by atoms with Crippen LogP contribution in [0.3, 0.4) is 0 Å². The quantitative estimate of drug-likeness (QED) is 0.824. The lowest BCUT2D eigenvalue weighted by Gasteiger charge is -2.55. The lowest BCUT2D eigenvalue weighted by Crippen LogP contribution is -2.48. The van der Waals surface area contributed by atoms with Gasteiger partial charge >= 0.3 is 0 Å². The third-order valence-electron chi connectivity index (χ3n) is 6.44. The van der Waals surface area contributed by atoms with Gasteiger partial charge < -0.3 is 15.2 Å². The van der Waals surface area contributed by atoms with E-state index in [0.717, 1.165) is 24.4 Å².